The van der Waals surface area contributed by atoms with E-state index in [-0.39, 0.29) is 17.6 Å². The van der Waals surface area contributed by atoms with Gasteiger partial charge in [-0.2, -0.15) is 4.58 Å². The molecule has 0 atom stereocenters. The Hall–Kier alpha value is -2.64. The lowest BCUT2D eigenvalue weighted by atomic mass is 9.81. The van der Waals surface area contributed by atoms with Crippen LogP contribution in [0.15, 0.2) is 60.8 Å². The van der Waals surface area contributed by atoms with Gasteiger partial charge in [0, 0.05) is 41.8 Å². The van der Waals surface area contributed by atoms with Crippen LogP contribution in [0.4, 0.5) is 11.4 Å². The quantitative estimate of drug-likeness (QED) is 0.527. The predicted octanol–water partition coefficient (Wildman–Crippen LogP) is 3.63. The number of benzene rings is 2. The van der Waals surface area contributed by atoms with Gasteiger partial charge in [0.25, 0.3) is 0 Å². The fourth-order valence-electron chi connectivity index (χ4n) is 3.67. The summed E-state index contributed by atoms with van der Waals surface area (Å²) in [5.74, 6) is 0.390. The topological polar surface area (TPSA) is 81.5 Å². The summed E-state index contributed by atoms with van der Waals surface area (Å²) >= 11 is 0. The highest BCUT2D eigenvalue weighted by atomic mass is 32.2. The maximum atomic E-state index is 11.1. The molecule has 1 aliphatic rings. The van der Waals surface area contributed by atoms with Crippen LogP contribution < -0.4 is 10.1 Å². The molecule has 0 spiro atoms. The molecule has 1 N–H and O–H groups in total. The minimum absolute atomic E-state index is 0.261. The van der Waals surface area contributed by atoms with Crippen molar-refractivity contribution in [3.05, 3.63) is 66.4 Å². The van der Waals surface area contributed by atoms with Crippen molar-refractivity contribution in [1.29, 1.82) is 0 Å². The van der Waals surface area contributed by atoms with E-state index < -0.39 is 10.1 Å². The van der Waals surface area contributed by atoms with Crippen LogP contribution in [-0.4, -0.2) is 42.7 Å². The smallest absolute Gasteiger partial charge is 0.210 e. The first-order valence-corrected chi connectivity index (χ1v) is 11.1. The van der Waals surface area contributed by atoms with Crippen molar-refractivity contribution in [2.75, 3.05) is 24.7 Å². The van der Waals surface area contributed by atoms with Crippen molar-refractivity contribution in [2.45, 2.75) is 25.7 Å². The third-order valence-electron chi connectivity index (χ3n) is 5.14. The minimum atomic E-state index is -4.24. The van der Waals surface area contributed by atoms with E-state index in [1.54, 1.807) is 7.11 Å². The molecule has 7 heteroatoms. The van der Waals surface area contributed by atoms with Crippen molar-refractivity contribution < 1.29 is 22.3 Å². The lowest BCUT2D eigenvalue weighted by molar-refractivity contribution is -0.437. The summed E-state index contributed by atoms with van der Waals surface area (Å²) in [5, 5.41) is 3.26. The van der Waals surface area contributed by atoms with E-state index in [9.17, 15) is 13.0 Å². The molecule has 6 nitrogen and oxygen atoms in total. The molecule has 0 saturated carbocycles. The van der Waals surface area contributed by atoms with Gasteiger partial charge in [-0.3, -0.25) is 0 Å². The van der Waals surface area contributed by atoms with Gasteiger partial charge in [0.05, 0.1) is 22.6 Å². The van der Waals surface area contributed by atoms with Crippen LogP contribution in [0.5, 0.6) is 5.75 Å². The Morgan fingerprint density at radius 2 is 1.90 bits per heavy atom. The van der Waals surface area contributed by atoms with Gasteiger partial charge in [-0.15, -0.1) is 0 Å². The number of ether oxygens (including phenoxy) is 1. The summed E-state index contributed by atoms with van der Waals surface area (Å²) in [6, 6.07) is 15.7. The zero-order chi connectivity index (χ0) is 21.1. The molecular formula is C22H26N2O4S. The standard InChI is InChI=1S/C22H26N2O4S/c1-22(2)19-16-18(28-3)10-11-20(19)24(14-7-15-29(25,26)27)21(22)12-13-23-17-8-5-4-6-9-17/h4-6,8-13,16H,7,14-15H2,1-3H3,(H,25,26,27). The lowest BCUT2D eigenvalue weighted by Gasteiger charge is -2.16. The van der Waals surface area contributed by atoms with Gasteiger partial charge in [0.1, 0.15) is 12.3 Å². The van der Waals surface area contributed by atoms with Crippen LogP contribution in [0.2, 0.25) is 0 Å². The molecule has 154 valence electrons. The average molecular weight is 415 g/mol. The molecule has 0 amide bonds. The number of rotatable bonds is 8. The highest BCUT2D eigenvalue weighted by Crippen LogP contribution is 2.41. The maximum absolute atomic E-state index is 11.1. The van der Waals surface area contributed by atoms with Gasteiger partial charge in [-0.1, -0.05) is 18.2 Å². The Bertz CT molecular complexity index is 1040. The molecule has 2 aromatic carbocycles. The van der Waals surface area contributed by atoms with Crippen LogP contribution in [0, 0.1) is 0 Å². The zero-order valence-electron chi connectivity index (χ0n) is 16.9. The molecule has 0 aromatic heterocycles. The molecule has 1 aliphatic heterocycles. The molecule has 2 aromatic rings. The first-order valence-electron chi connectivity index (χ1n) is 9.47. The highest BCUT2D eigenvalue weighted by Gasteiger charge is 2.44. The third-order valence-corrected chi connectivity index (χ3v) is 5.93. The van der Waals surface area contributed by atoms with E-state index in [4.69, 9.17) is 4.74 Å². The van der Waals surface area contributed by atoms with Crippen LogP contribution in [0.25, 0.3) is 0 Å². The number of hydrogen-bond donors (Lipinski definition) is 1. The molecule has 0 aliphatic carbocycles. The number of nitrogens with zero attached hydrogens (tertiary/aromatic N) is 1. The maximum Gasteiger partial charge on any atom is 0.210 e. The molecule has 29 heavy (non-hydrogen) atoms. The first kappa shape index (κ1) is 21.1. The van der Waals surface area contributed by atoms with Crippen molar-refractivity contribution in [1.82, 2.24) is 0 Å². The van der Waals surface area contributed by atoms with Crippen molar-refractivity contribution >= 4 is 27.2 Å². The third kappa shape index (κ3) is 4.86. The second-order valence-corrected chi connectivity index (χ2v) is 9.03. The molecular weight excluding hydrogens is 388 g/mol. The number of anilines is 1. The normalized spacial score (nSPS) is 15.6. The fraction of sp³-hybridized carbons (Fsp3) is 0.318. The van der Waals surface area contributed by atoms with Gasteiger partial charge >= 0.3 is 0 Å². The Balaban J connectivity index is 1.95. The van der Waals surface area contributed by atoms with E-state index in [0.29, 0.717) is 6.54 Å². The van der Waals surface area contributed by atoms with E-state index >= 15 is 0 Å². The SMILES string of the molecule is COc1ccc2c(c1)C(C)(C)C(/C=C/Nc1ccccc1)=[N+]2CCCS(=O)(=O)[O-]. The summed E-state index contributed by atoms with van der Waals surface area (Å²) in [5.41, 5.74) is 3.78. The molecule has 0 saturated heterocycles. The summed E-state index contributed by atoms with van der Waals surface area (Å²) in [6.45, 7) is 4.69. The summed E-state index contributed by atoms with van der Waals surface area (Å²) in [7, 11) is -2.61. The zero-order valence-corrected chi connectivity index (χ0v) is 17.7. The van der Waals surface area contributed by atoms with E-state index in [1.165, 1.54) is 0 Å². The predicted molar refractivity (Wildman–Crippen MR) is 114 cm³/mol. The number of methoxy groups -OCH3 is 1. The molecule has 0 fully saturated rings. The van der Waals surface area contributed by atoms with Gasteiger partial charge in [-0.25, -0.2) is 8.42 Å². The van der Waals surface area contributed by atoms with Crippen LogP contribution in [0.1, 0.15) is 25.8 Å². The van der Waals surface area contributed by atoms with Crippen LogP contribution >= 0.6 is 0 Å². The van der Waals surface area contributed by atoms with Crippen LogP contribution in [-0.2, 0) is 15.5 Å². The lowest BCUT2D eigenvalue weighted by Crippen LogP contribution is -2.28. The first-order chi connectivity index (χ1) is 13.7. The van der Waals surface area contributed by atoms with E-state index in [2.05, 4.69) is 23.7 Å². The monoisotopic (exact) mass is 414 g/mol. The summed E-state index contributed by atoms with van der Waals surface area (Å²) in [6.07, 6.45) is 4.15. The second kappa shape index (κ2) is 8.39. The number of fused-ring (bicyclic) bond motifs is 1. The van der Waals surface area contributed by atoms with Gasteiger partial charge < -0.3 is 14.6 Å². The second-order valence-electron chi connectivity index (χ2n) is 7.50. The van der Waals surface area contributed by atoms with Crippen LogP contribution in [0.3, 0.4) is 0 Å². The molecule has 3 rings (SSSR count). The average Bonchev–Trinajstić information content (AvgIpc) is 2.88. The van der Waals surface area contributed by atoms with Crippen molar-refractivity contribution in [2.24, 2.45) is 0 Å². The number of nitrogens with one attached hydrogen (secondary N) is 1. The summed E-state index contributed by atoms with van der Waals surface area (Å²) < 4.78 is 40.6. The molecule has 0 bridgehead atoms. The minimum Gasteiger partial charge on any atom is -0.748 e. The Morgan fingerprint density at radius 3 is 2.55 bits per heavy atom. The molecule has 0 radical (unpaired) electrons. The fourth-order valence-corrected chi connectivity index (χ4v) is 4.16. The van der Waals surface area contributed by atoms with Gasteiger partial charge in [-0.05, 0) is 38.1 Å². The molecule has 1 heterocycles. The Labute approximate surface area is 172 Å². The van der Waals surface area contributed by atoms with Gasteiger partial charge in [0.15, 0.2) is 5.71 Å². The number of para-hydroxylation sites is 1. The van der Waals surface area contributed by atoms with E-state index in [0.717, 1.165) is 28.4 Å². The molecule has 0 unspecified atom stereocenters. The Morgan fingerprint density at radius 1 is 1.17 bits per heavy atom. The number of hydrogen-bond acceptors (Lipinski definition) is 5. The van der Waals surface area contributed by atoms with Crippen molar-refractivity contribution in [3.63, 3.8) is 0 Å². The number of allylic oxidation sites excluding steroid dienone is 1. The highest BCUT2D eigenvalue weighted by molar-refractivity contribution is 7.85. The van der Waals surface area contributed by atoms with E-state index in [1.807, 2.05) is 60.8 Å². The Kier molecular flexibility index (Phi) is 6.10. The largest absolute Gasteiger partial charge is 0.748 e. The summed E-state index contributed by atoms with van der Waals surface area (Å²) in [4.78, 5) is 0. The van der Waals surface area contributed by atoms with Crippen molar-refractivity contribution in [3.8, 4) is 5.75 Å². The van der Waals surface area contributed by atoms with Gasteiger partial charge in [0.2, 0.25) is 5.69 Å².